The number of nitrogens with two attached hydrogens (primary N) is 1. The molecule has 1 saturated carbocycles. The summed E-state index contributed by atoms with van der Waals surface area (Å²) in [6.45, 7) is 2.09. The number of anilines is 2. The highest BCUT2D eigenvalue weighted by atomic mass is 32.1. The van der Waals surface area contributed by atoms with Gasteiger partial charge >= 0.3 is 0 Å². The van der Waals surface area contributed by atoms with Gasteiger partial charge in [0.15, 0.2) is 0 Å². The van der Waals surface area contributed by atoms with Crippen LogP contribution in [0, 0.1) is 6.92 Å². The molecule has 2 aromatic heterocycles. The Morgan fingerprint density at radius 1 is 1.26 bits per heavy atom. The number of rotatable bonds is 3. The van der Waals surface area contributed by atoms with E-state index in [1.54, 1.807) is 11.3 Å². The number of aryl methyl sites for hydroxylation is 1. The fourth-order valence-electron chi connectivity index (χ4n) is 2.66. The van der Waals surface area contributed by atoms with Crippen LogP contribution in [-0.4, -0.2) is 16.0 Å². The number of hydrogen-bond acceptors (Lipinski definition) is 6. The molecule has 0 saturated heterocycles. The summed E-state index contributed by atoms with van der Waals surface area (Å²) < 4.78 is 0. The van der Waals surface area contributed by atoms with Crippen molar-refractivity contribution in [2.45, 2.75) is 45.1 Å². The van der Waals surface area contributed by atoms with Crippen molar-refractivity contribution >= 4 is 33.3 Å². The Balaban J connectivity index is 1.95. The van der Waals surface area contributed by atoms with Crippen molar-refractivity contribution < 1.29 is 0 Å². The first-order valence-corrected chi connectivity index (χ1v) is 7.59. The lowest BCUT2D eigenvalue weighted by Gasteiger charge is -2.23. The fraction of sp³-hybridized carbons (Fsp3) is 0.538. The molecule has 0 radical (unpaired) electrons. The topological polar surface area (TPSA) is 75.9 Å². The van der Waals surface area contributed by atoms with Crippen molar-refractivity contribution in [3.05, 3.63) is 10.9 Å². The van der Waals surface area contributed by atoms with Crippen LogP contribution in [0.25, 0.3) is 10.2 Å². The van der Waals surface area contributed by atoms with Gasteiger partial charge in [-0.3, -0.25) is 5.43 Å². The number of aromatic nitrogens is 2. The average molecular weight is 277 g/mol. The summed E-state index contributed by atoms with van der Waals surface area (Å²) in [5.41, 5.74) is 2.55. The summed E-state index contributed by atoms with van der Waals surface area (Å²) in [4.78, 5) is 11.1. The molecule has 0 spiro atoms. The van der Waals surface area contributed by atoms with E-state index in [1.807, 2.05) is 0 Å². The van der Waals surface area contributed by atoms with E-state index < -0.39 is 0 Å². The van der Waals surface area contributed by atoms with Crippen LogP contribution in [0.3, 0.4) is 0 Å². The SMILES string of the molecule is Cc1cc2c(NC3CCCCC3)nc(NN)nc2s1. The van der Waals surface area contributed by atoms with Gasteiger partial charge in [-0.15, -0.1) is 11.3 Å². The standard InChI is InChI=1S/C13H19N5S/c1-8-7-10-11(15-9-5-3-2-4-6-9)16-13(18-14)17-12(10)19-8/h7,9H,2-6,14H2,1H3,(H2,15,16,17,18). The molecule has 6 heteroatoms. The smallest absolute Gasteiger partial charge is 0.240 e. The highest BCUT2D eigenvalue weighted by Gasteiger charge is 2.16. The second kappa shape index (κ2) is 5.30. The summed E-state index contributed by atoms with van der Waals surface area (Å²) in [6, 6.07) is 2.67. The Kier molecular flexibility index (Phi) is 3.52. The van der Waals surface area contributed by atoms with E-state index in [0.29, 0.717) is 12.0 Å². The van der Waals surface area contributed by atoms with Crippen molar-refractivity contribution in [2.24, 2.45) is 5.84 Å². The minimum Gasteiger partial charge on any atom is -0.367 e. The van der Waals surface area contributed by atoms with Crippen molar-refractivity contribution in [1.82, 2.24) is 9.97 Å². The molecule has 0 amide bonds. The lowest BCUT2D eigenvalue weighted by Crippen LogP contribution is -2.23. The van der Waals surface area contributed by atoms with Crippen LogP contribution in [0.1, 0.15) is 37.0 Å². The first kappa shape index (κ1) is 12.6. The van der Waals surface area contributed by atoms with Gasteiger partial charge in [0, 0.05) is 10.9 Å². The first-order valence-electron chi connectivity index (χ1n) is 6.77. The molecule has 1 aliphatic rings. The maximum Gasteiger partial charge on any atom is 0.240 e. The number of nitrogens with zero attached hydrogens (tertiary/aromatic N) is 2. The van der Waals surface area contributed by atoms with Gasteiger partial charge in [0.1, 0.15) is 10.6 Å². The van der Waals surface area contributed by atoms with Gasteiger partial charge in [-0.05, 0) is 25.8 Å². The monoisotopic (exact) mass is 277 g/mol. The molecule has 0 bridgehead atoms. The summed E-state index contributed by atoms with van der Waals surface area (Å²) in [7, 11) is 0. The zero-order chi connectivity index (χ0) is 13.2. The number of fused-ring (bicyclic) bond motifs is 1. The highest BCUT2D eigenvalue weighted by Crippen LogP contribution is 2.31. The molecular formula is C13H19N5S. The molecule has 4 N–H and O–H groups in total. The number of thiophene rings is 1. The van der Waals surface area contributed by atoms with E-state index in [-0.39, 0.29) is 0 Å². The van der Waals surface area contributed by atoms with Gasteiger partial charge in [0.25, 0.3) is 0 Å². The van der Waals surface area contributed by atoms with E-state index in [2.05, 4.69) is 33.7 Å². The van der Waals surface area contributed by atoms with Gasteiger partial charge in [-0.25, -0.2) is 10.8 Å². The molecule has 1 aliphatic carbocycles. The molecular weight excluding hydrogens is 258 g/mol. The Bertz CT molecular complexity index is 574. The second-order valence-electron chi connectivity index (χ2n) is 5.10. The van der Waals surface area contributed by atoms with Crippen molar-refractivity contribution in [3.8, 4) is 0 Å². The third-order valence-electron chi connectivity index (χ3n) is 3.59. The molecule has 1 fully saturated rings. The summed E-state index contributed by atoms with van der Waals surface area (Å²) in [5.74, 6) is 6.84. The number of nitrogen functional groups attached to an aromatic ring is 1. The van der Waals surface area contributed by atoms with E-state index in [4.69, 9.17) is 5.84 Å². The van der Waals surface area contributed by atoms with Crippen molar-refractivity contribution in [2.75, 3.05) is 10.7 Å². The predicted molar refractivity (Wildman–Crippen MR) is 80.5 cm³/mol. The molecule has 0 aliphatic heterocycles. The van der Waals surface area contributed by atoms with Gasteiger partial charge in [-0.1, -0.05) is 19.3 Å². The van der Waals surface area contributed by atoms with Gasteiger partial charge in [0.05, 0.1) is 5.39 Å². The lowest BCUT2D eigenvalue weighted by molar-refractivity contribution is 0.462. The van der Waals surface area contributed by atoms with E-state index >= 15 is 0 Å². The predicted octanol–water partition coefficient (Wildman–Crippen LogP) is 3.03. The Hall–Kier alpha value is -1.40. The molecule has 0 aromatic carbocycles. The van der Waals surface area contributed by atoms with E-state index in [0.717, 1.165) is 16.0 Å². The maximum absolute atomic E-state index is 5.45. The van der Waals surface area contributed by atoms with Gasteiger partial charge < -0.3 is 5.32 Å². The molecule has 19 heavy (non-hydrogen) atoms. The molecule has 5 nitrogen and oxygen atoms in total. The van der Waals surface area contributed by atoms with Gasteiger partial charge in [-0.2, -0.15) is 4.98 Å². The quantitative estimate of drug-likeness (QED) is 0.594. The van der Waals surface area contributed by atoms with Crippen LogP contribution >= 0.6 is 11.3 Å². The van der Waals surface area contributed by atoms with Crippen molar-refractivity contribution in [1.29, 1.82) is 0 Å². The first-order chi connectivity index (χ1) is 9.26. The van der Waals surface area contributed by atoms with Crippen LogP contribution in [0.4, 0.5) is 11.8 Å². The Labute approximate surface area is 116 Å². The molecule has 2 aromatic rings. The fourth-order valence-corrected chi connectivity index (χ4v) is 3.54. The van der Waals surface area contributed by atoms with Crippen LogP contribution in [0.15, 0.2) is 6.07 Å². The minimum absolute atomic E-state index is 0.479. The second-order valence-corrected chi connectivity index (χ2v) is 6.33. The Morgan fingerprint density at radius 3 is 2.79 bits per heavy atom. The maximum atomic E-state index is 5.45. The highest BCUT2D eigenvalue weighted by molar-refractivity contribution is 7.18. The number of hydrazine groups is 1. The van der Waals surface area contributed by atoms with Crippen LogP contribution in [-0.2, 0) is 0 Å². The van der Waals surface area contributed by atoms with Crippen LogP contribution in [0.2, 0.25) is 0 Å². The third kappa shape index (κ3) is 2.64. The normalized spacial score (nSPS) is 16.7. The zero-order valence-electron chi connectivity index (χ0n) is 11.1. The zero-order valence-corrected chi connectivity index (χ0v) is 11.9. The average Bonchev–Trinajstić information content (AvgIpc) is 2.80. The number of nitrogens with one attached hydrogen (secondary N) is 2. The molecule has 0 unspecified atom stereocenters. The minimum atomic E-state index is 0.479. The van der Waals surface area contributed by atoms with Gasteiger partial charge in [0.2, 0.25) is 5.95 Å². The largest absolute Gasteiger partial charge is 0.367 e. The third-order valence-corrected chi connectivity index (χ3v) is 4.54. The summed E-state index contributed by atoms with van der Waals surface area (Å²) in [5, 5.41) is 4.68. The molecule has 2 heterocycles. The molecule has 3 rings (SSSR count). The number of hydrogen-bond donors (Lipinski definition) is 3. The molecule has 0 atom stereocenters. The van der Waals surface area contributed by atoms with Crippen molar-refractivity contribution in [3.63, 3.8) is 0 Å². The lowest BCUT2D eigenvalue weighted by atomic mass is 9.95. The van der Waals surface area contributed by atoms with E-state index in [9.17, 15) is 0 Å². The van der Waals surface area contributed by atoms with Crippen LogP contribution in [0.5, 0.6) is 0 Å². The summed E-state index contributed by atoms with van der Waals surface area (Å²) >= 11 is 1.67. The van der Waals surface area contributed by atoms with E-state index in [1.165, 1.54) is 37.0 Å². The molecule has 102 valence electrons. The Morgan fingerprint density at radius 2 is 2.05 bits per heavy atom. The van der Waals surface area contributed by atoms with Crippen LogP contribution < -0.4 is 16.6 Å². The summed E-state index contributed by atoms with van der Waals surface area (Å²) in [6.07, 6.45) is 6.40.